The van der Waals surface area contributed by atoms with Crippen LogP contribution in [0.4, 0.5) is 0 Å². The molecule has 0 saturated carbocycles. The van der Waals surface area contributed by atoms with Crippen LogP contribution in [0.5, 0.6) is 0 Å². The molecule has 0 aromatic rings. The summed E-state index contributed by atoms with van der Waals surface area (Å²) in [5.74, 6) is 0.584. The van der Waals surface area contributed by atoms with Gasteiger partial charge in [-0.3, -0.25) is 9.69 Å². The Kier molecular flexibility index (Phi) is 5.05. The summed E-state index contributed by atoms with van der Waals surface area (Å²) in [6, 6.07) is 0. The summed E-state index contributed by atoms with van der Waals surface area (Å²) < 4.78 is 4.91. The van der Waals surface area contributed by atoms with E-state index in [2.05, 4.69) is 16.8 Å². The van der Waals surface area contributed by atoms with Crippen LogP contribution >= 0.6 is 0 Å². The molecule has 4 heteroatoms. The maximum atomic E-state index is 11.2. The number of carbonyl (C=O) groups is 1. The zero-order valence-electron chi connectivity index (χ0n) is 10.0. The van der Waals surface area contributed by atoms with Gasteiger partial charge in [0.25, 0.3) is 0 Å². The highest BCUT2D eigenvalue weighted by Crippen LogP contribution is 2.14. The van der Waals surface area contributed by atoms with E-state index in [0.717, 1.165) is 13.1 Å². The number of ether oxygens (including phenoxy) is 1. The molecule has 1 unspecified atom stereocenters. The fourth-order valence-corrected chi connectivity index (χ4v) is 2.11. The summed E-state index contributed by atoms with van der Waals surface area (Å²) in [7, 11) is 4.13. The van der Waals surface area contributed by atoms with E-state index in [4.69, 9.17) is 4.74 Å². The third-order valence-corrected chi connectivity index (χ3v) is 2.76. The fraction of sp³-hybridized carbons (Fsp3) is 0.909. The molecular weight excluding hydrogens is 192 g/mol. The summed E-state index contributed by atoms with van der Waals surface area (Å²) >= 11 is 0. The van der Waals surface area contributed by atoms with Crippen molar-refractivity contribution < 1.29 is 9.53 Å². The van der Waals surface area contributed by atoms with Crippen LogP contribution in [0.1, 0.15) is 13.3 Å². The molecule has 1 fully saturated rings. The standard InChI is InChI=1S/C11H22N2O2/c1-4-15-11(14)9-13(3)8-10-5-6-12(2)7-10/h10H,4-9H2,1-3H3. The Hall–Kier alpha value is -0.610. The summed E-state index contributed by atoms with van der Waals surface area (Å²) in [6.45, 7) is 6.03. The molecule has 1 saturated heterocycles. The van der Waals surface area contributed by atoms with Gasteiger partial charge in [0.05, 0.1) is 13.2 Å². The van der Waals surface area contributed by atoms with Crippen molar-refractivity contribution in [2.75, 3.05) is 46.9 Å². The van der Waals surface area contributed by atoms with E-state index in [0.29, 0.717) is 19.1 Å². The molecule has 0 radical (unpaired) electrons. The molecule has 88 valence electrons. The Labute approximate surface area is 92.2 Å². The van der Waals surface area contributed by atoms with Crippen molar-refractivity contribution in [3.63, 3.8) is 0 Å². The van der Waals surface area contributed by atoms with Crippen molar-refractivity contribution >= 4 is 5.97 Å². The first-order chi connectivity index (χ1) is 7.11. The smallest absolute Gasteiger partial charge is 0.320 e. The van der Waals surface area contributed by atoms with Crippen LogP contribution < -0.4 is 0 Å². The minimum atomic E-state index is -0.119. The van der Waals surface area contributed by atoms with E-state index >= 15 is 0 Å². The molecule has 1 rings (SSSR count). The number of hydrogen-bond donors (Lipinski definition) is 0. The van der Waals surface area contributed by atoms with Crippen molar-refractivity contribution in [2.45, 2.75) is 13.3 Å². The van der Waals surface area contributed by atoms with Crippen LogP contribution in [0.2, 0.25) is 0 Å². The number of likely N-dealkylation sites (tertiary alicyclic amines) is 1. The number of esters is 1. The maximum Gasteiger partial charge on any atom is 0.320 e. The number of likely N-dealkylation sites (N-methyl/N-ethyl adjacent to an activating group) is 1. The second-order valence-corrected chi connectivity index (χ2v) is 4.42. The van der Waals surface area contributed by atoms with Gasteiger partial charge in [-0.15, -0.1) is 0 Å². The minimum absolute atomic E-state index is 0.119. The van der Waals surface area contributed by atoms with Crippen LogP contribution in [0.25, 0.3) is 0 Å². The molecule has 15 heavy (non-hydrogen) atoms. The molecule has 0 aromatic heterocycles. The van der Waals surface area contributed by atoms with E-state index in [9.17, 15) is 4.79 Å². The van der Waals surface area contributed by atoms with Crippen LogP contribution in [0, 0.1) is 5.92 Å². The van der Waals surface area contributed by atoms with E-state index in [1.807, 2.05) is 14.0 Å². The molecule has 0 spiro atoms. The second-order valence-electron chi connectivity index (χ2n) is 4.42. The number of rotatable bonds is 5. The van der Waals surface area contributed by atoms with Crippen molar-refractivity contribution in [1.82, 2.24) is 9.80 Å². The maximum absolute atomic E-state index is 11.2. The minimum Gasteiger partial charge on any atom is -0.465 e. The number of carbonyl (C=O) groups excluding carboxylic acids is 1. The van der Waals surface area contributed by atoms with E-state index in [-0.39, 0.29) is 5.97 Å². The van der Waals surface area contributed by atoms with Gasteiger partial charge in [-0.2, -0.15) is 0 Å². The predicted molar refractivity (Wildman–Crippen MR) is 59.7 cm³/mol. The van der Waals surface area contributed by atoms with E-state index < -0.39 is 0 Å². The normalized spacial score (nSPS) is 22.3. The monoisotopic (exact) mass is 214 g/mol. The highest BCUT2D eigenvalue weighted by atomic mass is 16.5. The highest BCUT2D eigenvalue weighted by molar-refractivity contribution is 5.71. The number of hydrogen-bond acceptors (Lipinski definition) is 4. The predicted octanol–water partition coefficient (Wildman–Crippen LogP) is 0.433. The van der Waals surface area contributed by atoms with Gasteiger partial charge in [-0.05, 0) is 39.9 Å². The van der Waals surface area contributed by atoms with Gasteiger partial charge in [-0.25, -0.2) is 0 Å². The van der Waals surface area contributed by atoms with Crippen molar-refractivity contribution in [1.29, 1.82) is 0 Å². The van der Waals surface area contributed by atoms with Crippen molar-refractivity contribution in [3.05, 3.63) is 0 Å². The molecule has 1 atom stereocenters. The lowest BCUT2D eigenvalue weighted by atomic mass is 10.1. The first-order valence-electron chi connectivity index (χ1n) is 5.64. The zero-order chi connectivity index (χ0) is 11.3. The summed E-state index contributed by atoms with van der Waals surface area (Å²) in [5.41, 5.74) is 0. The average molecular weight is 214 g/mol. The van der Waals surface area contributed by atoms with Gasteiger partial charge in [0, 0.05) is 13.1 Å². The van der Waals surface area contributed by atoms with Gasteiger partial charge in [0.1, 0.15) is 0 Å². The lowest BCUT2D eigenvalue weighted by Gasteiger charge is -2.19. The Bertz CT molecular complexity index is 209. The molecule has 0 amide bonds. The van der Waals surface area contributed by atoms with Gasteiger partial charge >= 0.3 is 5.97 Å². The molecule has 0 aliphatic carbocycles. The van der Waals surface area contributed by atoms with Gasteiger partial charge in [0.15, 0.2) is 0 Å². The molecular formula is C11H22N2O2. The summed E-state index contributed by atoms with van der Waals surface area (Å²) in [5, 5.41) is 0. The molecule has 4 nitrogen and oxygen atoms in total. The molecule has 0 aromatic carbocycles. The second kappa shape index (κ2) is 6.08. The Morgan fingerprint density at radius 1 is 1.60 bits per heavy atom. The van der Waals surface area contributed by atoms with Crippen molar-refractivity contribution in [2.24, 2.45) is 5.92 Å². The SMILES string of the molecule is CCOC(=O)CN(C)CC1CCN(C)C1. The van der Waals surface area contributed by atoms with Crippen LogP contribution in [-0.4, -0.2) is 62.7 Å². The first-order valence-corrected chi connectivity index (χ1v) is 5.64. The topological polar surface area (TPSA) is 32.8 Å². The summed E-state index contributed by atoms with van der Waals surface area (Å²) in [6.07, 6.45) is 1.24. The third-order valence-electron chi connectivity index (χ3n) is 2.76. The van der Waals surface area contributed by atoms with E-state index in [1.54, 1.807) is 0 Å². The fourth-order valence-electron chi connectivity index (χ4n) is 2.11. The van der Waals surface area contributed by atoms with Crippen LogP contribution in [0.3, 0.4) is 0 Å². The van der Waals surface area contributed by atoms with Gasteiger partial charge in [-0.1, -0.05) is 0 Å². The average Bonchev–Trinajstić information content (AvgIpc) is 2.51. The summed E-state index contributed by atoms with van der Waals surface area (Å²) in [4.78, 5) is 15.6. The lowest BCUT2D eigenvalue weighted by molar-refractivity contribution is -0.144. The highest BCUT2D eigenvalue weighted by Gasteiger charge is 2.21. The Morgan fingerprint density at radius 3 is 2.87 bits per heavy atom. The van der Waals surface area contributed by atoms with Gasteiger partial charge < -0.3 is 9.64 Å². The van der Waals surface area contributed by atoms with Gasteiger partial charge in [0.2, 0.25) is 0 Å². The Balaban J connectivity index is 2.18. The first kappa shape index (κ1) is 12.5. The van der Waals surface area contributed by atoms with Crippen molar-refractivity contribution in [3.8, 4) is 0 Å². The lowest BCUT2D eigenvalue weighted by Crippen LogP contribution is -2.32. The van der Waals surface area contributed by atoms with Crippen LogP contribution in [-0.2, 0) is 9.53 Å². The third kappa shape index (κ3) is 4.62. The molecule has 0 bridgehead atoms. The molecule has 1 aliphatic rings. The molecule has 1 aliphatic heterocycles. The largest absolute Gasteiger partial charge is 0.465 e. The Morgan fingerprint density at radius 2 is 2.33 bits per heavy atom. The number of nitrogens with zero attached hydrogens (tertiary/aromatic N) is 2. The quantitative estimate of drug-likeness (QED) is 0.621. The molecule has 0 N–H and O–H groups in total. The van der Waals surface area contributed by atoms with E-state index in [1.165, 1.54) is 13.0 Å². The zero-order valence-corrected chi connectivity index (χ0v) is 10.0. The van der Waals surface area contributed by atoms with Crippen LogP contribution in [0.15, 0.2) is 0 Å². The molecule has 1 heterocycles.